The van der Waals surface area contributed by atoms with Crippen LogP contribution in [0.4, 0.5) is 0 Å². The van der Waals surface area contributed by atoms with Crippen LogP contribution in [0.25, 0.3) is 0 Å². The summed E-state index contributed by atoms with van der Waals surface area (Å²) in [5.41, 5.74) is 0. The second kappa shape index (κ2) is 10.2. The molecule has 0 bridgehead atoms. The first-order chi connectivity index (χ1) is 12.2. The minimum Gasteiger partial charge on any atom is -0.394 e. The van der Waals surface area contributed by atoms with Crippen LogP contribution in [0.1, 0.15) is 6.92 Å². The van der Waals surface area contributed by atoms with Gasteiger partial charge in [0.2, 0.25) is 5.91 Å². The van der Waals surface area contributed by atoms with Gasteiger partial charge in [0, 0.05) is 6.92 Å². The van der Waals surface area contributed by atoms with Gasteiger partial charge in [0.05, 0.1) is 13.2 Å². The molecule has 0 radical (unpaired) electrons. The molecule has 1 heterocycles. The highest BCUT2D eigenvalue weighted by molar-refractivity contribution is 5.73. The number of ether oxygens (including phenoxy) is 2. The van der Waals surface area contributed by atoms with Crippen LogP contribution >= 0.6 is 0 Å². The van der Waals surface area contributed by atoms with E-state index in [1.807, 2.05) is 0 Å². The van der Waals surface area contributed by atoms with E-state index in [4.69, 9.17) is 14.6 Å². The Bertz CT molecular complexity index is 464. The molecule has 1 fully saturated rings. The molecule has 0 aliphatic carbocycles. The summed E-state index contributed by atoms with van der Waals surface area (Å²) in [6, 6.07) is -1.38. The van der Waals surface area contributed by atoms with Crippen LogP contribution < -0.4 is 5.32 Å². The van der Waals surface area contributed by atoms with Crippen molar-refractivity contribution >= 4 is 12.2 Å². The average molecular weight is 383 g/mol. The van der Waals surface area contributed by atoms with Gasteiger partial charge in [0.1, 0.15) is 48.8 Å². The van der Waals surface area contributed by atoms with Crippen LogP contribution in [0.5, 0.6) is 0 Å². The van der Waals surface area contributed by atoms with E-state index in [2.05, 4.69) is 5.32 Å². The maximum Gasteiger partial charge on any atom is 0.217 e. The molecule has 1 aliphatic heterocycles. The SMILES string of the molecule is CC(=O)N[C@H]1C(O[C@@H]([C@H](O)[C@@H](O)C=O)[C@H](O)CO)O[C@H](CO)[C@H](O)[C@@H]1O. The number of aliphatic hydroxyl groups is 7. The Kier molecular flexibility index (Phi) is 8.95. The number of hydrogen-bond acceptors (Lipinski definition) is 11. The highest BCUT2D eigenvalue weighted by Gasteiger charge is 2.47. The highest BCUT2D eigenvalue weighted by atomic mass is 16.7. The van der Waals surface area contributed by atoms with Gasteiger partial charge in [-0.25, -0.2) is 0 Å². The van der Waals surface area contributed by atoms with Gasteiger partial charge in [-0.2, -0.15) is 0 Å². The first kappa shape index (κ1) is 22.8. The molecule has 1 saturated heterocycles. The number of aliphatic hydroxyl groups excluding tert-OH is 7. The van der Waals surface area contributed by atoms with Crippen molar-refractivity contribution in [3.05, 3.63) is 0 Å². The molecule has 1 rings (SSSR count). The minimum absolute atomic E-state index is 0.0206. The molecule has 8 N–H and O–H groups in total. The van der Waals surface area contributed by atoms with E-state index in [0.717, 1.165) is 6.92 Å². The summed E-state index contributed by atoms with van der Waals surface area (Å²) < 4.78 is 10.5. The van der Waals surface area contributed by atoms with Crippen molar-refractivity contribution in [1.29, 1.82) is 0 Å². The van der Waals surface area contributed by atoms with Crippen molar-refractivity contribution in [2.45, 2.75) is 62.0 Å². The Hall–Kier alpha value is -1.22. The monoisotopic (exact) mass is 383 g/mol. The Morgan fingerprint density at radius 1 is 1.23 bits per heavy atom. The van der Waals surface area contributed by atoms with Crippen LogP contribution in [-0.2, 0) is 19.1 Å². The number of nitrogens with one attached hydrogen (secondary N) is 1. The molecule has 0 aromatic rings. The maximum atomic E-state index is 11.3. The van der Waals surface area contributed by atoms with Crippen molar-refractivity contribution in [3.8, 4) is 0 Å². The average Bonchev–Trinajstić information content (AvgIpc) is 2.62. The van der Waals surface area contributed by atoms with E-state index in [-0.39, 0.29) is 6.29 Å². The van der Waals surface area contributed by atoms with E-state index in [0.29, 0.717) is 0 Å². The van der Waals surface area contributed by atoms with Gasteiger partial charge < -0.3 is 55.3 Å². The van der Waals surface area contributed by atoms with Gasteiger partial charge in [-0.15, -0.1) is 0 Å². The lowest BCUT2D eigenvalue weighted by atomic mass is 9.96. The van der Waals surface area contributed by atoms with Crippen molar-refractivity contribution in [2.24, 2.45) is 0 Å². The van der Waals surface area contributed by atoms with Crippen LogP contribution in [-0.4, -0.2) is 116 Å². The van der Waals surface area contributed by atoms with E-state index in [1.54, 1.807) is 0 Å². The quantitative estimate of drug-likeness (QED) is 0.176. The zero-order chi connectivity index (χ0) is 20.0. The first-order valence-corrected chi connectivity index (χ1v) is 7.83. The molecule has 0 spiro atoms. The van der Waals surface area contributed by atoms with Crippen molar-refractivity contribution in [2.75, 3.05) is 13.2 Å². The fourth-order valence-corrected chi connectivity index (χ4v) is 2.52. The van der Waals surface area contributed by atoms with Crippen molar-refractivity contribution in [1.82, 2.24) is 5.32 Å². The van der Waals surface area contributed by atoms with E-state index in [1.165, 1.54) is 0 Å². The molecule has 1 unspecified atom stereocenters. The number of carbonyl (C=O) groups excluding carboxylic acids is 2. The molecule has 152 valence electrons. The Balaban J connectivity index is 3.09. The summed E-state index contributed by atoms with van der Waals surface area (Å²) in [7, 11) is 0. The molecule has 1 aliphatic rings. The lowest BCUT2D eigenvalue weighted by molar-refractivity contribution is -0.301. The third-order valence-electron chi connectivity index (χ3n) is 3.93. The molecule has 0 saturated carbocycles. The summed E-state index contributed by atoms with van der Waals surface area (Å²) in [5.74, 6) is -0.631. The van der Waals surface area contributed by atoms with Crippen molar-refractivity contribution < 1.29 is 54.8 Å². The van der Waals surface area contributed by atoms with Gasteiger partial charge in [0.15, 0.2) is 12.6 Å². The number of amides is 1. The molecule has 26 heavy (non-hydrogen) atoms. The van der Waals surface area contributed by atoms with Crippen LogP contribution in [0.15, 0.2) is 0 Å². The van der Waals surface area contributed by atoms with Gasteiger partial charge >= 0.3 is 0 Å². The third-order valence-corrected chi connectivity index (χ3v) is 3.93. The molecular weight excluding hydrogens is 358 g/mol. The third kappa shape index (κ3) is 5.39. The van der Waals surface area contributed by atoms with E-state index >= 15 is 0 Å². The summed E-state index contributed by atoms with van der Waals surface area (Å²) in [6.45, 7) is -0.531. The summed E-state index contributed by atoms with van der Waals surface area (Å²) in [5, 5.41) is 69.8. The lowest BCUT2D eigenvalue weighted by Crippen LogP contribution is -2.66. The number of hydrogen-bond donors (Lipinski definition) is 8. The second-order valence-electron chi connectivity index (χ2n) is 5.90. The zero-order valence-corrected chi connectivity index (χ0v) is 14.0. The normalized spacial score (nSPS) is 33.8. The smallest absolute Gasteiger partial charge is 0.217 e. The Morgan fingerprint density at radius 3 is 2.31 bits per heavy atom. The predicted octanol–water partition coefficient (Wildman–Crippen LogP) is -5.41. The van der Waals surface area contributed by atoms with Crippen LogP contribution in [0.2, 0.25) is 0 Å². The first-order valence-electron chi connectivity index (χ1n) is 7.83. The number of rotatable bonds is 9. The summed E-state index contributed by atoms with van der Waals surface area (Å²) in [4.78, 5) is 22.0. The van der Waals surface area contributed by atoms with E-state index < -0.39 is 74.2 Å². The molecule has 0 aromatic heterocycles. The van der Waals surface area contributed by atoms with Gasteiger partial charge in [0.25, 0.3) is 0 Å². The fourth-order valence-electron chi connectivity index (χ4n) is 2.52. The topological polar surface area (TPSA) is 206 Å². The maximum absolute atomic E-state index is 11.3. The van der Waals surface area contributed by atoms with Crippen LogP contribution in [0, 0.1) is 0 Å². The molecule has 0 aromatic carbocycles. The Labute approximate surface area is 148 Å². The highest BCUT2D eigenvalue weighted by Crippen LogP contribution is 2.25. The minimum atomic E-state index is -1.98. The molecular formula is C14H25NO11. The lowest BCUT2D eigenvalue weighted by Gasteiger charge is -2.44. The number of carbonyl (C=O) groups is 2. The molecule has 1 amide bonds. The second-order valence-corrected chi connectivity index (χ2v) is 5.90. The van der Waals surface area contributed by atoms with Gasteiger partial charge in [-0.1, -0.05) is 0 Å². The molecule has 12 heteroatoms. The standard InChI is InChI=1S/C14H25NO11/c1-5(19)15-9-12(24)11(23)8(4-18)25-14(9)26-13(7(21)3-17)10(22)6(20)2-16/h2,6-14,17-18,20-24H,3-4H2,1H3,(H,15,19)/t6-,7+,8+,9+,10+,11-,12+,13+,14?/m0/s1. The van der Waals surface area contributed by atoms with E-state index in [9.17, 15) is 40.2 Å². The fraction of sp³-hybridized carbons (Fsp3) is 0.857. The largest absolute Gasteiger partial charge is 0.394 e. The van der Waals surface area contributed by atoms with Crippen molar-refractivity contribution in [3.63, 3.8) is 0 Å². The predicted molar refractivity (Wildman–Crippen MR) is 81.4 cm³/mol. The molecule has 12 nitrogen and oxygen atoms in total. The van der Waals surface area contributed by atoms with Crippen LogP contribution in [0.3, 0.4) is 0 Å². The van der Waals surface area contributed by atoms with Gasteiger partial charge in [-0.3, -0.25) is 4.79 Å². The number of aldehydes is 1. The summed E-state index contributed by atoms with van der Waals surface area (Å²) in [6.07, 6.45) is -13.6. The summed E-state index contributed by atoms with van der Waals surface area (Å²) >= 11 is 0. The zero-order valence-electron chi connectivity index (χ0n) is 14.0. The van der Waals surface area contributed by atoms with Gasteiger partial charge in [-0.05, 0) is 0 Å². The Morgan fingerprint density at radius 2 is 1.85 bits per heavy atom. The molecule has 9 atom stereocenters.